The Morgan fingerprint density at radius 2 is 1.63 bits per heavy atom. The fraction of sp³-hybridized carbons (Fsp3) is 0.692. The average molecular weight is 371 g/mol. The molecule has 27 heavy (non-hydrogen) atoms. The van der Waals surface area contributed by atoms with Gasteiger partial charge < -0.3 is 4.74 Å². The van der Waals surface area contributed by atoms with E-state index in [9.17, 15) is 0 Å². The summed E-state index contributed by atoms with van der Waals surface area (Å²) in [6.45, 7) is 5.43. The molecule has 0 heterocycles. The Balaban J connectivity index is 1.57. The highest BCUT2D eigenvalue weighted by molar-refractivity contribution is 5.27. The Kier molecular flexibility index (Phi) is 11.3. The van der Waals surface area contributed by atoms with Gasteiger partial charge in [-0.2, -0.15) is 0 Å². The second kappa shape index (κ2) is 13.9. The molecule has 0 atom stereocenters. The molecular formula is C26H42O. The minimum absolute atomic E-state index is 0.839. The smallest absolute Gasteiger partial charge is 0.119 e. The average Bonchev–Trinajstić information content (AvgIpc) is 2.70. The lowest BCUT2D eigenvalue weighted by atomic mass is 9.80. The topological polar surface area (TPSA) is 9.23 Å². The molecule has 1 nitrogen and oxygen atoms in total. The zero-order valence-corrected chi connectivity index (χ0v) is 17.9. The molecule has 0 N–H and O–H groups in total. The molecule has 1 aliphatic rings. The molecule has 1 aromatic carbocycles. The van der Waals surface area contributed by atoms with E-state index in [1.807, 2.05) is 0 Å². The molecule has 152 valence electrons. The molecule has 0 spiro atoms. The first-order valence-corrected chi connectivity index (χ1v) is 11.7. The fourth-order valence-corrected chi connectivity index (χ4v) is 4.26. The lowest BCUT2D eigenvalue weighted by Gasteiger charge is -2.26. The summed E-state index contributed by atoms with van der Waals surface area (Å²) in [6, 6.07) is 8.74. The van der Waals surface area contributed by atoms with Crippen molar-refractivity contribution < 1.29 is 4.74 Å². The third kappa shape index (κ3) is 9.49. The summed E-state index contributed by atoms with van der Waals surface area (Å²) in [7, 11) is 0. The Labute approximate surface area is 168 Å². The summed E-state index contributed by atoms with van der Waals surface area (Å²) in [4.78, 5) is 0. The van der Waals surface area contributed by atoms with Crippen LogP contribution < -0.4 is 4.74 Å². The largest absolute Gasteiger partial charge is 0.494 e. The summed E-state index contributed by atoms with van der Waals surface area (Å²) in [5.74, 6) is 2.87. The van der Waals surface area contributed by atoms with Gasteiger partial charge in [-0.1, -0.05) is 76.7 Å². The Bertz CT molecular complexity index is 493. The van der Waals surface area contributed by atoms with Gasteiger partial charge in [0.05, 0.1) is 6.61 Å². The molecule has 1 heteroatoms. The summed E-state index contributed by atoms with van der Waals surface area (Å²) in [5, 5.41) is 0. The van der Waals surface area contributed by atoms with Crippen molar-refractivity contribution in [2.45, 2.75) is 97.3 Å². The zero-order chi connectivity index (χ0) is 19.2. The molecule has 0 bridgehead atoms. The number of benzene rings is 1. The maximum Gasteiger partial charge on any atom is 0.119 e. The van der Waals surface area contributed by atoms with E-state index >= 15 is 0 Å². The standard InChI is InChI=1S/C26H42O/c1-3-5-6-7-10-22-27-26-20-18-25(19-21-26)13-9-8-12-24-16-14-23(11-4-2)15-17-24/h8,12,18-21,23-24H,3-7,9-11,13-17,22H2,1-2H3/b12-8+/t23-,24-. The Morgan fingerprint density at radius 3 is 2.33 bits per heavy atom. The van der Waals surface area contributed by atoms with Crippen LogP contribution in [0.3, 0.4) is 0 Å². The lowest BCUT2D eigenvalue weighted by Crippen LogP contribution is -2.12. The van der Waals surface area contributed by atoms with Crippen LogP contribution in [0.15, 0.2) is 36.4 Å². The van der Waals surface area contributed by atoms with Crippen molar-refractivity contribution in [1.29, 1.82) is 0 Å². The molecule has 0 aliphatic heterocycles. The molecule has 0 radical (unpaired) electrons. The van der Waals surface area contributed by atoms with Gasteiger partial charge in [0.25, 0.3) is 0 Å². The van der Waals surface area contributed by atoms with Gasteiger partial charge in [0.2, 0.25) is 0 Å². The van der Waals surface area contributed by atoms with Crippen LogP contribution in [0.5, 0.6) is 5.75 Å². The van der Waals surface area contributed by atoms with Crippen LogP contribution >= 0.6 is 0 Å². The second-order valence-corrected chi connectivity index (χ2v) is 8.44. The first-order chi connectivity index (χ1) is 13.3. The fourth-order valence-electron chi connectivity index (χ4n) is 4.26. The van der Waals surface area contributed by atoms with Crippen LogP contribution in [-0.4, -0.2) is 6.61 Å². The Morgan fingerprint density at radius 1 is 0.889 bits per heavy atom. The van der Waals surface area contributed by atoms with Crippen LogP contribution in [0.1, 0.15) is 96.5 Å². The number of ether oxygens (including phenoxy) is 1. The van der Waals surface area contributed by atoms with E-state index in [0.29, 0.717) is 0 Å². The summed E-state index contributed by atoms with van der Waals surface area (Å²) >= 11 is 0. The molecule has 1 fully saturated rings. The number of hydrogen-bond donors (Lipinski definition) is 0. The van der Waals surface area contributed by atoms with Crippen molar-refractivity contribution in [2.24, 2.45) is 11.8 Å². The van der Waals surface area contributed by atoms with E-state index < -0.39 is 0 Å². The van der Waals surface area contributed by atoms with Gasteiger partial charge in [-0.3, -0.25) is 0 Å². The monoisotopic (exact) mass is 370 g/mol. The van der Waals surface area contributed by atoms with E-state index in [4.69, 9.17) is 4.74 Å². The molecule has 1 saturated carbocycles. The summed E-state index contributed by atoms with van der Waals surface area (Å²) in [6.07, 6.45) is 22.2. The van der Waals surface area contributed by atoms with E-state index in [1.165, 1.54) is 76.2 Å². The molecule has 0 amide bonds. The normalized spacial score (nSPS) is 20.2. The zero-order valence-electron chi connectivity index (χ0n) is 17.9. The highest BCUT2D eigenvalue weighted by Crippen LogP contribution is 2.32. The number of unbranched alkanes of at least 4 members (excludes halogenated alkanes) is 4. The van der Waals surface area contributed by atoms with Crippen LogP contribution in [0.25, 0.3) is 0 Å². The van der Waals surface area contributed by atoms with Gasteiger partial charge in [0.1, 0.15) is 5.75 Å². The first kappa shape index (κ1) is 22.1. The van der Waals surface area contributed by atoms with Crippen molar-refractivity contribution in [2.75, 3.05) is 6.61 Å². The van der Waals surface area contributed by atoms with Gasteiger partial charge >= 0.3 is 0 Å². The van der Waals surface area contributed by atoms with Gasteiger partial charge in [-0.05, 0) is 74.5 Å². The molecule has 0 aromatic heterocycles. The maximum absolute atomic E-state index is 5.86. The highest BCUT2D eigenvalue weighted by atomic mass is 16.5. The molecule has 1 aromatic rings. The van der Waals surface area contributed by atoms with Crippen LogP contribution in [0, 0.1) is 11.8 Å². The molecule has 0 saturated heterocycles. The first-order valence-electron chi connectivity index (χ1n) is 11.7. The van der Waals surface area contributed by atoms with E-state index in [2.05, 4.69) is 50.3 Å². The maximum atomic E-state index is 5.86. The number of allylic oxidation sites excluding steroid dienone is 2. The van der Waals surface area contributed by atoms with Crippen molar-refractivity contribution >= 4 is 0 Å². The van der Waals surface area contributed by atoms with Crippen LogP contribution in [0.4, 0.5) is 0 Å². The van der Waals surface area contributed by atoms with Crippen molar-refractivity contribution in [3.05, 3.63) is 42.0 Å². The van der Waals surface area contributed by atoms with Crippen molar-refractivity contribution in [3.63, 3.8) is 0 Å². The quantitative estimate of drug-likeness (QED) is 0.251. The molecule has 1 aliphatic carbocycles. The third-order valence-electron chi connectivity index (χ3n) is 6.04. The summed E-state index contributed by atoms with van der Waals surface area (Å²) in [5.41, 5.74) is 1.42. The van der Waals surface area contributed by atoms with Crippen molar-refractivity contribution in [1.82, 2.24) is 0 Å². The highest BCUT2D eigenvalue weighted by Gasteiger charge is 2.18. The number of hydrogen-bond acceptors (Lipinski definition) is 1. The predicted molar refractivity (Wildman–Crippen MR) is 119 cm³/mol. The lowest BCUT2D eigenvalue weighted by molar-refractivity contribution is 0.294. The predicted octanol–water partition coefficient (Wildman–Crippen LogP) is 8.13. The van der Waals surface area contributed by atoms with Crippen molar-refractivity contribution in [3.8, 4) is 5.75 Å². The SMILES string of the molecule is CCCCCCCOc1ccc(CC/C=C/[C@H]2CC[C@H](CCC)CC2)cc1. The van der Waals surface area contributed by atoms with Gasteiger partial charge in [0, 0.05) is 0 Å². The van der Waals surface area contributed by atoms with Crippen LogP contribution in [-0.2, 0) is 6.42 Å². The van der Waals surface area contributed by atoms with E-state index in [1.54, 1.807) is 0 Å². The number of aryl methyl sites for hydroxylation is 1. The summed E-state index contributed by atoms with van der Waals surface area (Å²) < 4.78 is 5.86. The molecule has 2 rings (SSSR count). The second-order valence-electron chi connectivity index (χ2n) is 8.44. The van der Waals surface area contributed by atoms with Gasteiger partial charge in [-0.25, -0.2) is 0 Å². The van der Waals surface area contributed by atoms with E-state index in [0.717, 1.165) is 37.0 Å². The van der Waals surface area contributed by atoms with Gasteiger partial charge in [0.15, 0.2) is 0 Å². The molecule has 0 unspecified atom stereocenters. The number of rotatable bonds is 13. The Hall–Kier alpha value is -1.24. The molecular weight excluding hydrogens is 328 g/mol. The van der Waals surface area contributed by atoms with E-state index in [-0.39, 0.29) is 0 Å². The minimum Gasteiger partial charge on any atom is -0.494 e. The van der Waals surface area contributed by atoms with Crippen LogP contribution in [0.2, 0.25) is 0 Å². The third-order valence-corrected chi connectivity index (χ3v) is 6.04. The minimum atomic E-state index is 0.839. The van der Waals surface area contributed by atoms with Gasteiger partial charge in [-0.15, -0.1) is 0 Å².